The molecule has 0 saturated heterocycles. The zero-order valence-electron chi connectivity index (χ0n) is 18.1. The summed E-state index contributed by atoms with van der Waals surface area (Å²) in [4.78, 5) is 6.63. The van der Waals surface area contributed by atoms with E-state index in [2.05, 4.69) is 94.3 Å². The molecule has 0 aliphatic heterocycles. The fourth-order valence-electron chi connectivity index (χ4n) is 3.32. The van der Waals surface area contributed by atoms with Gasteiger partial charge in [0, 0.05) is 38.6 Å². The summed E-state index contributed by atoms with van der Waals surface area (Å²) in [5.74, 6) is 0.836. The van der Waals surface area contributed by atoms with E-state index in [-0.39, 0.29) is 0 Å². The van der Waals surface area contributed by atoms with Crippen molar-refractivity contribution in [3.05, 3.63) is 84.2 Å². The van der Waals surface area contributed by atoms with Crippen LogP contribution in [-0.4, -0.2) is 60.9 Å². The van der Waals surface area contributed by atoms with Crippen LogP contribution in [0, 0.1) is 0 Å². The van der Waals surface area contributed by atoms with Gasteiger partial charge in [-0.15, -0.1) is 0 Å². The molecule has 0 aliphatic rings. The lowest BCUT2D eigenvalue weighted by molar-refractivity contribution is 0.290. The summed E-state index contributed by atoms with van der Waals surface area (Å²) in [5, 5.41) is 11.2. The minimum atomic E-state index is 0.390. The molecule has 6 nitrogen and oxygen atoms in total. The summed E-state index contributed by atoms with van der Waals surface area (Å²) in [5.41, 5.74) is 3.70. The number of rotatable bonds is 9. The second-order valence-corrected chi connectivity index (χ2v) is 7.55. The molecule has 158 valence electrons. The molecular weight excluding hydrogens is 372 g/mol. The van der Waals surface area contributed by atoms with E-state index in [4.69, 9.17) is 0 Å². The smallest absolute Gasteiger partial charge is 0.191 e. The lowest BCUT2D eigenvalue weighted by atomic mass is 10.1. The van der Waals surface area contributed by atoms with Crippen LogP contribution in [0.3, 0.4) is 0 Å². The second kappa shape index (κ2) is 11.2. The van der Waals surface area contributed by atoms with Gasteiger partial charge in [0.2, 0.25) is 0 Å². The molecule has 0 amide bonds. The van der Waals surface area contributed by atoms with E-state index >= 15 is 0 Å². The maximum atomic E-state index is 4.37. The monoisotopic (exact) mass is 404 g/mol. The Hall–Kier alpha value is -3.12. The Morgan fingerprint density at radius 1 is 1.00 bits per heavy atom. The van der Waals surface area contributed by atoms with Crippen molar-refractivity contribution in [2.75, 3.05) is 34.2 Å². The average molecular weight is 405 g/mol. The normalized spacial score (nSPS) is 12.7. The number of hydrogen-bond acceptors (Lipinski definition) is 3. The first-order valence-electron chi connectivity index (χ1n) is 10.4. The second-order valence-electron chi connectivity index (χ2n) is 7.55. The van der Waals surface area contributed by atoms with Gasteiger partial charge < -0.3 is 15.5 Å². The predicted molar refractivity (Wildman–Crippen MR) is 124 cm³/mol. The van der Waals surface area contributed by atoms with Gasteiger partial charge in [-0.25, -0.2) is 4.68 Å². The van der Waals surface area contributed by atoms with Crippen molar-refractivity contribution < 1.29 is 0 Å². The predicted octanol–water partition coefficient (Wildman–Crippen LogP) is 2.75. The van der Waals surface area contributed by atoms with Gasteiger partial charge in [-0.1, -0.05) is 42.5 Å². The molecule has 6 heteroatoms. The summed E-state index contributed by atoms with van der Waals surface area (Å²) in [7, 11) is 6.06. The van der Waals surface area contributed by atoms with Crippen LogP contribution in [0.25, 0.3) is 5.69 Å². The highest BCUT2D eigenvalue weighted by Gasteiger charge is 2.13. The standard InChI is InChI=1S/C24H32N6/c1-25-24(27-19-23(29(2)3)18-21-8-5-4-6-9-21)26-16-14-20-10-12-22(13-11-20)30-17-7-15-28-30/h4-13,15,17,23H,14,16,18-19H2,1-3H3,(H2,25,26,27). The molecule has 1 unspecified atom stereocenters. The van der Waals surface area contributed by atoms with E-state index < -0.39 is 0 Å². The van der Waals surface area contributed by atoms with Crippen LogP contribution in [-0.2, 0) is 12.8 Å². The zero-order chi connectivity index (χ0) is 21.2. The van der Waals surface area contributed by atoms with Crippen LogP contribution < -0.4 is 10.6 Å². The van der Waals surface area contributed by atoms with Gasteiger partial charge in [0.25, 0.3) is 0 Å². The first kappa shape index (κ1) is 21.6. The first-order valence-corrected chi connectivity index (χ1v) is 10.4. The Labute approximate surface area is 179 Å². The van der Waals surface area contributed by atoms with Crippen LogP contribution in [0.4, 0.5) is 0 Å². The van der Waals surface area contributed by atoms with Gasteiger partial charge in [-0.05, 0) is 56.3 Å². The molecule has 0 spiro atoms. The van der Waals surface area contributed by atoms with Crippen molar-refractivity contribution in [3.63, 3.8) is 0 Å². The lowest BCUT2D eigenvalue weighted by Gasteiger charge is -2.25. The highest BCUT2D eigenvalue weighted by atomic mass is 15.3. The molecule has 3 rings (SSSR count). The van der Waals surface area contributed by atoms with E-state index in [1.807, 2.05) is 24.0 Å². The molecule has 0 aliphatic carbocycles. The molecular formula is C24H32N6. The van der Waals surface area contributed by atoms with E-state index in [0.29, 0.717) is 6.04 Å². The van der Waals surface area contributed by atoms with Crippen LogP contribution in [0.1, 0.15) is 11.1 Å². The summed E-state index contributed by atoms with van der Waals surface area (Å²) in [6.07, 6.45) is 5.67. The largest absolute Gasteiger partial charge is 0.356 e. The average Bonchev–Trinajstić information content (AvgIpc) is 3.31. The molecule has 3 aromatic rings. The molecule has 30 heavy (non-hydrogen) atoms. The minimum Gasteiger partial charge on any atom is -0.356 e. The molecule has 1 heterocycles. The quantitative estimate of drug-likeness (QED) is 0.425. The SMILES string of the molecule is CN=C(NCCc1ccc(-n2cccn2)cc1)NCC(Cc1ccccc1)N(C)C. The highest BCUT2D eigenvalue weighted by molar-refractivity contribution is 5.79. The number of guanidine groups is 1. The molecule has 2 N–H and O–H groups in total. The summed E-state index contributed by atoms with van der Waals surface area (Å²) in [6, 6.07) is 21.4. The van der Waals surface area contributed by atoms with Crippen molar-refractivity contribution in [2.24, 2.45) is 4.99 Å². The Bertz CT molecular complexity index is 885. The first-order chi connectivity index (χ1) is 14.7. The van der Waals surface area contributed by atoms with Gasteiger partial charge in [0.05, 0.1) is 5.69 Å². The maximum Gasteiger partial charge on any atom is 0.191 e. The van der Waals surface area contributed by atoms with Crippen molar-refractivity contribution in [1.29, 1.82) is 0 Å². The summed E-state index contributed by atoms with van der Waals surface area (Å²) >= 11 is 0. The number of nitrogens with one attached hydrogen (secondary N) is 2. The molecule has 1 aromatic heterocycles. The summed E-state index contributed by atoms with van der Waals surface area (Å²) < 4.78 is 1.87. The van der Waals surface area contributed by atoms with E-state index in [1.54, 1.807) is 6.20 Å². The van der Waals surface area contributed by atoms with Gasteiger partial charge in [-0.3, -0.25) is 4.99 Å². The Morgan fingerprint density at radius 2 is 1.77 bits per heavy atom. The molecule has 2 aromatic carbocycles. The molecule has 1 atom stereocenters. The van der Waals surface area contributed by atoms with Gasteiger partial charge in [0.15, 0.2) is 5.96 Å². The van der Waals surface area contributed by atoms with Crippen LogP contribution in [0.2, 0.25) is 0 Å². The van der Waals surface area contributed by atoms with E-state index in [9.17, 15) is 0 Å². The number of aromatic nitrogens is 2. The third kappa shape index (κ3) is 6.46. The molecule has 0 fully saturated rings. The van der Waals surface area contributed by atoms with Gasteiger partial charge in [-0.2, -0.15) is 5.10 Å². The minimum absolute atomic E-state index is 0.390. The number of aliphatic imine (C=N–C) groups is 1. The van der Waals surface area contributed by atoms with Crippen LogP contribution >= 0.6 is 0 Å². The third-order valence-electron chi connectivity index (χ3n) is 5.18. The molecule has 0 bridgehead atoms. The van der Waals surface area contributed by atoms with E-state index in [0.717, 1.165) is 37.6 Å². The van der Waals surface area contributed by atoms with Gasteiger partial charge in [0.1, 0.15) is 0 Å². The topological polar surface area (TPSA) is 57.5 Å². The van der Waals surface area contributed by atoms with Crippen molar-refractivity contribution >= 4 is 5.96 Å². The van der Waals surface area contributed by atoms with Crippen LogP contribution in [0.5, 0.6) is 0 Å². The van der Waals surface area contributed by atoms with Crippen molar-refractivity contribution in [2.45, 2.75) is 18.9 Å². The van der Waals surface area contributed by atoms with Crippen molar-refractivity contribution in [1.82, 2.24) is 25.3 Å². The number of nitrogens with zero attached hydrogens (tertiary/aromatic N) is 4. The number of benzene rings is 2. The fourth-order valence-corrected chi connectivity index (χ4v) is 3.32. The summed E-state index contributed by atoms with van der Waals surface area (Å²) in [6.45, 7) is 1.66. The Morgan fingerprint density at radius 3 is 2.40 bits per heavy atom. The molecule has 0 radical (unpaired) electrons. The van der Waals surface area contributed by atoms with E-state index in [1.165, 1.54) is 11.1 Å². The van der Waals surface area contributed by atoms with Crippen molar-refractivity contribution in [3.8, 4) is 5.69 Å². The maximum absolute atomic E-state index is 4.37. The molecule has 0 saturated carbocycles. The lowest BCUT2D eigenvalue weighted by Crippen LogP contribution is -2.46. The highest BCUT2D eigenvalue weighted by Crippen LogP contribution is 2.09. The Kier molecular flexibility index (Phi) is 8.03. The van der Waals surface area contributed by atoms with Gasteiger partial charge >= 0.3 is 0 Å². The van der Waals surface area contributed by atoms with Crippen LogP contribution in [0.15, 0.2) is 78.0 Å². The third-order valence-corrected chi connectivity index (χ3v) is 5.18. The fraction of sp³-hybridized carbons (Fsp3) is 0.333. The number of hydrogen-bond donors (Lipinski definition) is 2. The number of likely N-dealkylation sites (N-methyl/N-ethyl adjacent to an activating group) is 1. The Balaban J connectivity index is 1.44. The zero-order valence-corrected chi connectivity index (χ0v) is 18.1.